The van der Waals surface area contributed by atoms with Crippen molar-refractivity contribution in [3.8, 4) is 0 Å². The van der Waals surface area contributed by atoms with Crippen LogP contribution in [0.2, 0.25) is 5.02 Å². The van der Waals surface area contributed by atoms with Gasteiger partial charge in [-0.3, -0.25) is 4.79 Å². The van der Waals surface area contributed by atoms with Crippen LogP contribution in [-0.4, -0.2) is 11.2 Å². The van der Waals surface area contributed by atoms with Crippen molar-refractivity contribution < 1.29 is 9.18 Å². The van der Waals surface area contributed by atoms with Crippen molar-refractivity contribution in [2.45, 2.75) is 23.5 Å². The maximum Gasteiger partial charge on any atom is 0.238 e. The lowest BCUT2D eigenvalue weighted by atomic mass is 10.1. The summed E-state index contributed by atoms with van der Waals surface area (Å²) in [7, 11) is 0. The molecule has 0 saturated carbocycles. The van der Waals surface area contributed by atoms with Gasteiger partial charge < -0.3 is 5.32 Å². The van der Waals surface area contributed by atoms with Gasteiger partial charge in [-0.25, -0.2) is 4.39 Å². The number of carbonyl (C=O) groups is 1. The number of halogens is 2. The third-order valence-electron chi connectivity index (χ3n) is 3.38. The summed E-state index contributed by atoms with van der Waals surface area (Å²) in [6, 6.07) is 10.4. The monoisotopic (exact) mass is 321 g/mol. The van der Waals surface area contributed by atoms with Crippen LogP contribution in [0.4, 0.5) is 10.1 Å². The fourth-order valence-corrected chi connectivity index (χ4v) is 3.75. The van der Waals surface area contributed by atoms with Crippen LogP contribution in [0.3, 0.4) is 0 Å². The molecule has 1 heterocycles. The van der Waals surface area contributed by atoms with E-state index in [1.54, 1.807) is 11.8 Å². The van der Waals surface area contributed by atoms with Crippen molar-refractivity contribution in [3.05, 3.63) is 58.4 Å². The fraction of sp³-hybridized carbons (Fsp3) is 0.188. The fourth-order valence-electron chi connectivity index (χ4n) is 2.28. The molecule has 0 fully saturated rings. The highest BCUT2D eigenvalue weighted by atomic mass is 35.5. The van der Waals surface area contributed by atoms with E-state index in [1.807, 2.05) is 6.92 Å². The number of thioether (sulfide) groups is 1. The molecule has 5 heteroatoms. The van der Waals surface area contributed by atoms with Gasteiger partial charge in [-0.1, -0.05) is 29.3 Å². The van der Waals surface area contributed by atoms with E-state index in [2.05, 4.69) is 23.5 Å². The summed E-state index contributed by atoms with van der Waals surface area (Å²) in [6.07, 6.45) is 0.709. The molecule has 2 aromatic rings. The molecule has 2 nitrogen and oxygen atoms in total. The van der Waals surface area contributed by atoms with Crippen molar-refractivity contribution in [1.82, 2.24) is 0 Å². The first-order valence-electron chi connectivity index (χ1n) is 6.55. The molecule has 0 radical (unpaired) electrons. The number of fused-ring (bicyclic) bond motifs is 1. The Morgan fingerprint density at radius 3 is 2.90 bits per heavy atom. The summed E-state index contributed by atoms with van der Waals surface area (Å²) in [4.78, 5) is 13.5. The van der Waals surface area contributed by atoms with E-state index in [4.69, 9.17) is 11.6 Å². The lowest BCUT2D eigenvalue weighted by molar-refractivity contribution is -0.115. The van der Waals surface area contributed by atoms with Crippen molar-refractivity contribution >= 4 is 35.0 Å². The van der Waals surface area contributed by atoms with Crippen molar-refractivity contribution in [2.75, 3.05) is 5.32 Å². The van der Waals surface area contributed by atoms with E-state index in [0.29, 0.717) is 12.1 Å². The first kappa shape index (κ1) is 14.4. The van der Waals surface area contributed by atoms with E-state index >= 15 is 0 Å². The Hall–Kier alpha value is -1.52. The first-order valence-corrected chi connectivity index (χ1v) is 7.81. The molecule has 1 N–H and O–H groups in total. The Morgan fingerprint density at radius 1 is 1.33 bits per heavy atom. The molecule has 108 valence electrons. The van der Waals surface area contributed by atoms with Crippen LogP contribution in [0, 0.1) is 12.7 Å². The quantitative estimate of drug-likeness (QED) is 0.885. The zero-order chi connectivity index (χ0) is 15.0. The van der Waals surface area contributed by atoms with Crippen molar-refractivity contribution in [3.63, 3.8) is 0 Å². The molecule has 2 aromatic carbocycles. The molecule has 0 bridgehead atoms. The van der Waals surface area contributed by atoms with Crippen LogP contribution >= 0.6 is 23.4 Å². The number of rotatable bonds is 2. The number of carbonyl (C=O) groups excluding carboxylic acids is 1. The highest BCUT2D eigenvalue weighted by Crippen LogP contribution is 2.38. The Labute approximate surface area is 131 Å². The number of nitrogens with one attached hydrogen (secondary N) is 1. The molecule has 1 aliphatic rings. The molecule has 1 unspecified atom stereocenters. The average molecular weight is 322 g/mol. The van der Waals surface area contributed by atoms with Crippen LogP contribution in [-0.2, 0) is 11.2 Å². The molecule has 0 saturated heterocycles. The number of amides is 1. The smallest absolute Gasteiger partial charge is 0.238 e. The summed E-state index contributed by atoms with van der Waals surface area (Å²) in [5, 5.41) is 2.63. The molecular weight excluding hydrogens is 309 g/mol. The summed E-state index contributed by atoms with van der Waals surface area (Å²) < 4.78 is 13.1. The van der Waals surface area contributed by atoms with Crippen molar-refractivity contribution in [1.29, 1.82) is 0 Å². The number of benzene rings is 2. The Balaban J connectivity index is 1.71. The molecule has 3 rings (SSSR count). The number of hydrogen-bond acceptors (Lipinski definition) is 2. The van der Waals surface area contributed by atoms with Crippen LogP contribution < -0.4 is 5.32 Å². The lowest BCUT2D eigenvalue weighted by Crippen LogP contribution is -2.24. The van der Waals surface area contributed by atoms with Gasteiger partial charge in [-0.2, -0.15) is 0 Å². The maximum absolute atomic E-state index is 13.1. The van der Waals surface area contributed by atoms with Crippen LogP contribution in [0.25, 0.3) is 0 Å². The Kier molecular flexibility index (Phi) is 3.91. The van der Waals surface area contributed by atoms with Gasteiger partial charge in [-0.05, 0) is 43.2 Å². The average Bonchev–Trinajstić information content (AvgIpc) is 2.86. The number of anilines is 1. The van der Waals surface area contributed by atoms with Crippen LogP contribution in [0.1, 0.15) is 11.1 Å². The summed E-state index contributed by atoms with van der Waals surface area (Å²) in [5.74, 6) is -0.579. The van der Waals surface area contributed by atoms with E-state index in [-0.39, 0.29) is 16.2 Å². The standard InChI is InChI=1S/C16H13ClFNOS/c1-9-2-3-10-7-15(21-14(10)6-9)16(20)19-11-4-5-13(18)12(17)8-11/h2-6,8,15H,7H2,1H3,(H,19,20). The van der Waals surface area contributed by atoms with Gasteiger partial charge in [0, 0.05) is 10.6 Å². The van der Waals surface area contributed by atoms with Gasteiger partial charge in [0.1, 0.15) is 5.82 Å². The molecule has 0 spiro atoms. The zero-order valence-corrected chi connectivity index (χ0v) is 12.9. The van der Waals surface area contributed by atoms with E-state index < -0.39 is 5.82 Å². The zero-order valence-electron chi connectivity index (χ0n) is 11.3. The minimum absolute atomic E-state index is 0.00536. The maximum atomic E-state index is 13.1. The minimum atomic E-state index is -0.493. The highest BCUT2D eigenvalue weighted by Gasteiger charge is 2.28. The normalized spacial score (nSPS) is 16.6. The van der Waals surface area contributed by atoms with Gasteiger partial charge in [0.15, 0.2) is 0 Å². The van der Waals surface area contributed by atoms with Gasteiger partial charge in [0.2, 0.25) is 5.91 Å². The first-order chi connectivity index (χ1) is 10.0. The summed E-state index contributed by atoms with van der Waals surface area (Å²) in [6.45, 7) is 2.04. The van der Waals surface area contributed by atoms with E-state index in [9.17, 15) is 9.18 Å². The molecule has 1 aliphatic heterocycles. The van der Waals surface area contributed by atoms with E-state index in [0.717, 1.165) is 4.90 Å². The largest absolute Gasteiger partial charge is 0.325 e. The Morgan fingerprint density at radius 2 is 2.14 bits per heavy atom. The van der Waals surface area contributed by atoms with Gasteiger partial charge in [-0.15, -0.1) is 11.8 Å². The summed E-state index contributed by atoms with van der Waals surface area (Å²) >= 11 is 7.28. The second-order valence-corrected chi connectivity index (χ2v) is 6.69. The highest BCUT2D eigenvalue weighted by molar-refractivity contribution is 8.01. The van der Waals surface area contributed by atoms with Gasteiger partial charge in [0.25, 0.3) is 0 Å². The predicted molar refractivity (Wildman–Crippen MR) is 84.6 cm³/mol. The van der Waals surface area contributed by atoms with E-state index in [1.165, 1.54) is 29.3 Å². The van der Waals surface area contributed by atoms with Gasteiger partial charge in [0.05, 0.1) is 10.3 Å². The molecule has 21 heavy (non-hydrogen) atoms. The SMILES string of the molecule is Cc1ccc2c(c1)SC(C(=O)Nc1ccc(F)c(Cl)c1)C2. The van der Waals surface area contributed by atoms with Crippen LogP contribution in [0.5, 0.6) is 0 Å². The molecule has 1 atom stereocenters. The number of hydrogen-bond donors (Lipinski definition) is 1. The third kappa shape index (κ3) is 3.06. The minimum Gasteiger partial charge on any atom is -0.325 e. The molecule has 0 aliphatic carbocycles. The molecule has 0 aromatic heterocycles. The number of aryl methyl sites for hydroxylation is 1. The van der Waals surface area contributed by atoms with Gasteiger partial charge >= 0.3 is 0 Å². The second-order valence-electron chi connectivity index (χ2n) is 5.04. The Bertz CT molecular complexity index is 719. The third-order valence-corrected chi connectivity index (χ3v) is 4.97. The van der Waals surface area contributed by atoms with Crippen molar-refractivity contribution in [2.24, 2.45) is 0 Å². The lowest BCUT2D eigenvalue weighted by Gasteiger charge is -2.10. The van der Waals surface area contributed by atoms with Crippen LogP contribution in [0.15, 0.2) is 41.3 Å². The summed E-state index contributed by atoms with van der Waals surface area (Å²) in [5.41, 5.74) is 2.90. The molecular formula is C16H13ClFNOS. The second kappa shape index (κ2) is 5.70. The predicted octanol–water partition coefficient (Wildman–Crippen LogP) is 4.44. The topological polar surface area (TPSA) is 29.1 Å². The molecule has 1 amide bonds.